The molecular formula is C108H126ClN11O11. The number of aromatic nitrogens is 2. The summed E-state index contributed by atoms with van der Waals surface area (Å²) in [4.78, 5) is 107. The summed E-state index contributed by atoms with van der Waals surface area (Å²) < 4.78 is 23.8. The summed E-state index contributed by atoms with van der Waals surface area (Å²) in [5, 5.41) is 13.5. The fraction of sp³-hybridized carbons (Fsp3) is 0.352. The molecular weight excluding hydrogens is 1660 g/mol. The first kappa shape index (κ1) is 97.2. The zero-order valence-corrected chi connectivity index (χ0v) is 77.8. The number of piperazine rings is 1. The van der Waals surface area contributed by atoms with Crippen molar-refractivity contribution in [1.82, 2.24) is 44.3 Å². The third-order valence-electron chi connectivity index (χ3n) is 24.5. The van der Waals surface area contributed by atoms with Gasteiger partial charge in [-0.25, -0.2) is 14.6 Å². The lowest BCUT2D eigenvalue weighted by atomic mass is 9.96. The first-order valence-electron chi connectivity index (χ1n) is 46.0. The fourth-order valence-electron chi connectivity index (χ4n) is 16.9. The molecule has 23 heteroatoms. The molecule has 3 saturated heterocycles. The molecule has 11 aromatic carbocycles. The third-order valence-corrected chi connectivity index (χ3v) is 25.0. The van der Waals surface area contributed by atoms with Gasteiger partial charge in [-0.05, 0) is 212 Å². The standard InChI is InChI=1S/C35H36N2O3.C26H32N4O3.C25H31ClN2O2.C22H27N3O3/c1-24(2)26-14-16-29(17-15-26)36-35(38)37(20-19-25-13-18-33(39-3)34(21-25)40-4)23-32-30-11-7-5-9-27(30)22-28-10-6-8-12-31(28)32;1-4-29-25(27-23-13-9-8-12-22(23)26(29)32)20(3)28-14-15-30(19(2)16-28)24(31)18-33-17-21-10-6-5-7-11-21;1-20-12-16-27(17-13-20)23(29)15-19-28(18-14-21-8-4-2-5-9-21)25(30)24(26)22-10-6-3-7-11-22;1-2-28-19-13-11-17(12-14-19)16-25(20-10-6-7-15-23-21(20)26)22(27)24-18-8-4-3-5-9-18/h5-18,21-22,24H,19-20,23H2,1-4H3,(H,36,38);5-13,19-20H,4,14-18H2,1-3H3;2-11,20,24H,12-19H2,1H3;3-5,8-9,11-14,20H,2,6-7,10,15-16H2,1H3,(H,23,26)(H,24,27). The number of amides is 8. The van der Waals surface area contributed by atoms with Crippen molar-refractivity contribution in [1.29, 1.82) is 0 Å². The summed E-state index contributed by atoms with van der Waals surface area (Å²) in [7, 11) is 3.27. The Bertz CT molecular complexity index is 5700. The van der Waals surface area contributed by atoms with Crippen molar-refractivity contribution in [3.8, 4) is 17.2 Å². The Morgan fingerprint density at radius 1 is 0.550 bits per heavy atom. The van der Waals surface area contributed by atoms with Crippen LogP contribution in [0.4, 0.5) is 21.0 Å². The molecule has 3 fully saturated rings. The first-order valence-corrected chi connectivity index (χ1v) is 46.4. The second-order valence-corrected chi connectivity index (χ2v) is 34.4. The zero-order chi connectivity index (χ0) is 92.5. The molecule has 0 radical (unpaired) electrons. The second-order valence-electron chi connectivity index (χ2n) is 33.9. The summed E-state index contributed by atoms with van der Waals surface area (Å²) in [6.07, 6.45) is 6.35. The molecule has 0 bridgehead atoms. The molecule has 0 aliphatic carbocycles. The summed E-state index contributed by atoms with van der Waals surface area (Å²) in [5.41, 5.74) is 9.63. The van der Waals surface area contributed by atoms with Gasteiger partial charge in [-0.15, -0.1) is 11.6 Å². The number of fused-ring (bicyclic) bond motifs is 3. The summed E-state index contributed by atoms with van der Waals surface area (Å²) in [6, 6.07) is 86.0. The average Bonchev–Trinajstić information content (AvgIpc) is 0.912. The number of hydrogen-bond acceptors (Lipinski definition) is 13. The average molecular weight is 1790 g/mol. The summed E-state index contributed by atoms with van der Waals surface area (Å²) in [6.45, 7) is 23.0. The Labute approximate surface area is 776 Å². The van der Waals surface area contributed by atoms with E-state index in [1.807, 2.05) is 217 Å². The monoisotopic (exact) mass is 1790 g/mol. The van der Waals surface area contributed by atoms with E-state index < -0.39 is 11.4 Å². The van der Waals surface area contributed by atoms with Crippen LogP contribution in [0.3, 0.4) is 0 Å². The zero-order valence-electron chi connectivity index (χ0n) is 77.1. The van der Waals surface area contributed by atoms with Gasteiger partial charge in [-0.1, -0.05) is 221 Å². The van der Waals surface area contributed by atoms with Gasteiger partial charge in [0.15, 0.2) is 11.5 Å². The van der Waals surface area contributed by atoms with Crippen LogP contribution in [0.2, 0.25) is 0 Å². The predicted molar refractivity (Wildman–Crippen MR) is 524 cm³/mol. The lowest BCUT2D eigenvalue weighted by Gasteiger charge is -2.42. The molecule has 12 aromatic rings. The van der Waals surface area contributed by atoms with Gasteiger partial charge >= 0.3 is 12.1 Å². The highest BCUT2D eigenvalue weighted by Gasteiger charge is 2.35. The van der Waals surface area contributed by atoms with Crippen molar-refractivity contribution in [3.05, 3.63) is 322 Å². The van der Waals surface area contributed by atoms with E-state index in [-0.39, 0.29) is 59.9 Å². The summed E-state index contributed by atoms with van der Waals surface area (Å²) in [5.74, 6) is 3.96. The van der Waals surface area contributed by atoms with Crippen molar-refractivity contribution in [2.45, 2.75) is 155 Å². The number of ether oxygens (including phenoxy) is 4. The molecule has 8 amide bonds. The van der Waals surface area contributed by atoms with Crippen molar-refractivity contribution < 1.29 is 47.7 Å². The Morgan fingerprint density at radius 3 is 1.76 bits per heavy atom. The van der Waals surface area contributed by atoms with E-state index in [1.54, 1.807) is 28.6 Å². The Kier molecular flexibility index (Phi) is 36.5. The van der Waals surface area contributed by atoms with E-state index in [0.717, 1.165) is 125 Å². The molecule has 3 aliphatic heterocycles. The number of nitrogens with zero attached hydrogens (tertiary/aromatic N) is 8. The highest BCUT2D eigenvalue weighted by molar-refractivity contribution is 6.30. The largest absolute Gasteiger partial charge is 0.494 e. The van der Waals surface area contributed by atoms with Crippen LogP contribution >= 0.6 is 11.6 Å². The maximum absolute atomic E-state index is 13.8. The number of nitrogens with one attached hydrogen (secondary N) is 3. The molecule has 4 unspecified atom stereocenters. The molecule has 686 valence electrons. The van der Waals surface area contributed by atoms with Crippen LogP contribution < -0.4 is 35.7 Å². The quantitative estimate of drug-likeness (QED) is 0.0281. The van der Waals surface area contributed by atoms with Crippen molar-refractivity contribution >= 4 is 91.1 Å². The van der Waals surface area contributed by atoms with E-state index in [1.165, 1.54) is 16.3 Å². The van der Waals surface area contributed by atoms with Gasteiger partial charge in [0, 0.05) is 102 Å². The van der Waals surface area contributed by atoms with Crippen LogP contribution in [0.5, 0.6) is 17.2 Å². The number of urea groups is 2. The number of carbonyl (C=O) groups is 6. The van der Waals surface area contributed by atoms with Gasteiger partial charge in [-0.3, -0.25) is 33.4 Å². The number of likely N-dealkylation sites (tertiary alicyclic amines) is 1. The van der Waals surface area contributed by atoms with Crippen molar-refractivity contribution in [2.24, 2.45) is 5.92 Å². The molecule has 0 spiro atoms. The molecule has 4 heterocycles. The topological polar surface area (TPSA) is 230 Å². The number of benzene rings is 11. The lowest BCUT2D eigenvalue weighted by molar-refractivity contribution is -0.141. The summed E-state index contributed by atoms with van der Waals surface area (Å²) >= 11 is 6.53. The maximum atomic E-state index is 13.8. The van der Waals surface area contributed by atoms with Gasteiger partial charge in [0.25, 0.3) is 5.56 Å². The maximum Gasteiger partial charge on any atom is 0.322 e. The predicted octanol–water partition coefficient (Wildman–Crippen LogP) is 20.1. The molecule has 3 N–H and O–H groups in total. The number of alkyl halides is 1. The Hall–Kier alpha value is -12.9. The number of rotatable bonds is 30. The van der Waals surface area contributed by atoms with Gasteiger partial charge in [0.05, 0.1) is 44.4 Å². The van der Waals surface area contributed by atoms with E-state index in [9.17, 15) is 33.6 Å². The number of anilines is 2. The number of piperidine rings is 1. The number of methoxy groups -OCH3 is 2. The van der Waals surface area contributed by atoms with Crippen molar-refractivity contribution in [2.75, 3.05) is 97.0 Å². The molecule has 1 aromatic heterocycles. The van der Waals surface area contributed by atoms with Crippen LogP contribution in [-0.2, 0) is 63.0 Å². The minimum atomic E-state index is -0.743. The number of halogens is 1. The minimum Gasteiger partial charge on any atom is -0.494 e. The highest BCUT2D eigenvalue weighted by Crippen LogP contribution is 2.34. The van der Waals surface area contributed by atoms with Crippen LogP contribution in [-0.4, -0.2) is 173 Å². The number of para-hydroxylation sites is 2. The van der Waals surface area contributed by atoms with E-state index in [0.29, 0.717) is 119 Å². The van der Waals surface area contributed by atoms with Gasteiger partial charge in [-0.2, -0.15) is 0 Å². The molecule has 131 heavy (non-hydrogen) atoms. The van der Waals surface area contributed by atoms with E-state index in [4.69, 9.17) is 35.5 Å². The Balaban J connectivity index is 0.000000159. The molecule has 3 aliphatic rings. The Morgan fingerprint density at radius 2 is 1.13 bits per heavy atom. The highest BCUT2D eigenvalue weighted by atomic mass is 35.5. The van der Waals surface area contributed by atoms with Gasteiger partial charge in [0.2, 0.25) is 23.6 Å². The molecule has 22 nitrogen and oxygen atoms in total. The number of hydrogen-bond donors (Lipinski definition) is 3. The van der Waals surface area contributed by atoms with Crippen LogP contribution in [0, 0.1) is 5.92 Å². The SMILES string of the molecule is CC1CCN(C(=O)CCN(CCc2ccccc2)C(=O)C(Cl)c2ccccc2)CC1.CCOc1ccc(CN(C(=O)Nc2ccccc2)C2CCCCNC2=O)cc1.CCn1c(C(C)N2CCN(C(=O)COCc3ccccc3)C(C)C2)nc2ccccc2c1=O.COc1ccc(CCN(Cc2c3ccccc3cc3ccccc23)C(=O)Nc2ccc(C(C)C)cc2)cc1OC. The first-order chi connectivity index (χ1) is 63.7. The van der Waals surface area contributed by atoms with E-state index in [2.05, 4.69) is 134 Å². The van der Waals surface area contributed by atoms with Crippen molar-refractivity contribution in [3.63, 3.8) is 0 Å². The lowest BCUT2D eigenvalue weighted by Crippen LogP contribution is -2.55. The fourth-order valence-corrected chi connectivity index (χ4v) is 17.2. The van der Waals surface area contributed by atoms with E-state index >= 15 is 0 Å². The van der Waals surface area contributed by atoms with Gasteiger partial charge < -0.3 is 59.4 Å². The van der Waals surface area contributed by atoms with Crippen LogP contribution in [0.25, 0.3) is 32.4 Å². The molecule has 15 rings (SSSR count). The van der Waals surface area contributed by atoms with Crippen LogP contribution in [0.1, 0.15) is 149 Å². The normalized spacial score (nSPS) is 15.0. The van der Waals surface area contributed by atoms with Crippen LogP contribution in [0.15, 0.2) is 272 Å². The second kappa shape index (κ2) is 49.2. The smallest absolute Gasteiger partial charge is 0.322 e. The third kappa shape index (κ3) is 27.4. The van der Waals surface area contributed by atoms with Gasteiger partial charge in [0.1, 0.15) is 29.6 Å². The molecule has 4 atom stereocenters. The number of carbonyl (C=O) groups excluding carboxylic acids is 6. The minimum absolute atomic E-state index is 0.00220. The molecule has 0 saturated carbocycles.